The number of carbonyl (C=O) groups is 3. The summed E-state index contributed by atoms with van der Waals surface area (Å²) in [5, 5.41) is 2.59. The molecule has 1 aliphatic heterocycles. The molecular formula is C19H22N2O3S. The van der Waals surface area contributed by atoms with Gasteiger partial charge in [-0.25, -0.2) is 0 Å². The number of rotatable bonds is 5. The van der Waals surface area contributed by atoms with Crippen LogP contribution in [0.5, 0.6) is 0 Å². The average molecular weight is 358 g/mol. The minimum absolute atomic E-state index is 0.0477. The van der Waals surface area contributed by atoms with Crippen LogP contribution in [-0.4, -0.2) is 35.0 Å². The van der Waals surface area contributed by atoms with E-state index in [0.717, 1.165) is 43.0 Å². The first kappa shape index (κ1) is 17.7. The normalized spacial score (nSPS) is 20.3. The zero-order valence-electron chi connectivity index (χ0n) is 14.1. The average Bonchev–Trinajstić information content (AvgIpc) is 2.90. The van der Waals surface area contributed by atoms with Gasteiger partial charge in [0.2, 0.25) is 5.91 Å². The second-order valence-corrected chi connectivity index (χ2v) is 7.36. The molecule has 0 spiro atoms. The third-order valence-electron chi connectivity index (χ3n) is 4.58. The van der Waals surface area contributed by atoms with E-state index >= 15 is 0 Å². The predicted molar refractivity (Wildman–Crippen MR) is 98.7 cm³/mol. The number of carbonyl (C=O) groups excluding carboxylic acids is 3. The monoisotopic (exact) mass is 358 g/mol. The van der Waals surface area contributed by atoms with Crippen molar-refractivity contribution in [3.63, 3.8) is 0 Å². The summed E-state index contributed by atoms with van der Waals surface area (Å²) < 4.78 is 0. The lowest BCUT2D eigenvalue weighted by Crippen LogP contribution is -2.39. The molecule has 0 atom stereocenters. The molecule has 0 radical (unpaired) electrons. The molecule has 0 bridgehead atoms. The molecule has 2 fully saturated rings. The molecule has 1 saturated heterocycles. The van der Waals surface area contributed by atoms with Crippen LogP contribution < -0.4 is 5.32 Å². The van der Waals surface area contributed by atoms with E-state index in [2.05, 4.69) is 5.32 Å². The quantitative estimate of drug-likeness (QED) is 0.819. The summed E-state index contributed by atoms with van der Waals surface area (Å²) in [5.74, 6) is -0.154. The first-order valence-corrected chi connectivity index (χ1v) is 9.55. The van der Waals surface area contributed by atoms with E-state index in [0.29, 0.717) is 11.4 Å². The number of amides is 3. The molecule has 6 heteroatoms. The van der Waals surface area contributed by atoms with Gasteiger partial charge in [0.25, 0.3) is 11.1 Å². The molecule has 2 aliphatic rings. The summed E-state index contributed by atoms with van der Waals surface area (Å²) in [5.41, 5.74) is 0.888. The Morgan fingerprint density at radius 1 is 1.16 bits per heavy atom. The van der Waals surface area contributed by atoms with E-state index < -0.39 is 0 Å². The van der Waals surface area contributed by atoms with Crippen molar-refractivity contribution in [3.8, 4) is 0 Å². The van der Waals surface area contributed by atoms with Crippen LogP contribution >= 0.6 is 11.8 Å². The highest BCUT2D eigenvalue weighted by atomic mass is 32.2. The highest BCUT2D eigenvalue weighted by molar-refractivity contribution is 8.18. The maximum atomic E-state index is 12.4. The highest BCUT2D eigenvalue weighted by Gasteiger charge is 2.34. The smallest absolute Gasteiger partial charge is 0.293 e. The molecule has 132 valence electrons. The van der Waals surface area contributed by atoms with Crippen LogP contribution in [0.1, 0.15) is 37.7 Å². The van der Waals surface area contributed by atoms with Gasteiger partial charge in [0.1, 0.15) is 0 Å². The summed E-state index contributed by atoms with van der Waals surface area (Å²) in [6.45, 7) is 0.529. The Morgan fingerprint density at radius 3 is 2.60 bits per heavy atom. The van der Waals surface area contributed by atoms with Gasteiger partial charge in [-0.15, -0.1) is 0 Å². The van der Waals surface area contributed by atoms with E-state index in [4.69, 9.17) is 0 Å². The van der Waals surface area contributed by atoms with E-state index in [9.17, 15) is 14.4 Å². The van der Waals surface area contributed by atoms with Crippen molar-refractivity contribution in [2.45, 2.75) is 32.1 Å². The van der Waals surface area contributed by atoms with Crippen molar-refractivity contribution in [1.82, 2.24) is 10.2 Å². The van der Waals surface area contributed by atoms with Gasteiger partial charge in [0, 0.05) is 19.0 Å². The van der Waals surface area contributed by atoms with Crippen molar-refractivity contribution >= 4 is 34.9 Å². The Kier molecular flexibility index (Phi) is 5.91. The van der Waals surface area contributed by atoms with Crippen molar-refractivity contribution in [3.05, 3.63) is 40.8 Å². The molecule has 3 amide bonds. The van der Waals surface area contributed by atoms with E-state index in [1.54, 1.807) is 6.08 Å². The lowest BCUT2D eigenvalue weighted by Gasteiger charge is -2.21. The van der Waals surface area contributed by atoms with Gasteiger partial charge in [-0.2, -0.15) is 0 Å². The number of nitrogens with zero attached hydrogens (tertiary/aromatic N) is 1. The first-order valence-electron chi connectivity index (χ1n) is 8.73. The summed E-state index contributed by atoms with van der Waals surface area (Å²) in [7, 11) is 0. The molecule has 25 heavy (non-hydrogen) atoms. The van der Waals surface area contributed by atoms with Crippen molar-refractivity contribution < 1.29 is 14.4 Å². The molecule has 0 unspecified atom stereocenters. The Bertz CT molecular complexity index is 681. The summed E-state index contributed by atoms with van der Waals surface area (Å²) in [4.78, 5) is 38.2. The minimum atomic E-state index is -0.286. The van der Waals surface area contributed by atoms with Gasteiger partial charge in [-0.05, 0) is 36.2 Å². The third-order valence-corrected chi connectivity index (χ3v) is 5.49. The lowest BCUT2D eigenvalue weighted by atomic mass is 9.89. The summed E-state index contributed by atoms with van der Waals surface area (Å²) in [6, 6.07) is 9.45. The number of hydrogen-bond donors (Lipinski definition) is 1. The molecule has 1 N–H and O–H groups in total. The first-order chi connectivity index (χ1) is 12.1. The number of benzene rings is 1. The molecule has 1 saturated carbocycles. The van der Waals surface area contributed by atoms with Crippen LogP contribution in [0.25, 0.3) is 6.08 Å². The van der Waals surface area contributed by atoms with Crippen LogP contribution in [0, 0.1) is 5.92 Å². The maximum Gasteiger partial charge on any atom is 0.293 e. The Hall–Kier alpha value is -2.08. The van der Waals surface area contributed by atoms with Crippen LogP contribution in [0.15, 0.2) is 35.2 Å². The molecular weight excluding hydrogens is 336 g/mol. The van der Waals surface area contributed by atoms with Crippen molar-refractivity contribution in [2.24, 2.45) is 5.92 Å². The molecule has 1 heterocycles. The van der Waals surface area contributed by atoms with E-state index in [1.807, 2.05) is 30.3 Å². The summed E-state index contributed by atoms with van der Waals surface area (Å²) >= 11 is 0.949. The molecule has 1 aliphatic carbocycles. The zero-order chi connectivity index (χ0) is 17.6. The number of nitrogens with one attached hydrogen (secondary N) is 1. The van der Waals surface area contributed by atoms with E-state index in [1.165, 1.54) is 11.3 Å². The SMILES string of the molecule is O=C(NCCN1C(=O)SC(=Cc2ccccc2)C1=O)C1CCCCC1. The highest BCUT2D eigenvalue weighted by Crippen LogP contribution is 2.31. The van der Waals surface area contributed by atoms with Crippen LogP contribution in [0.3, 0.4) is 0 Å². The molecule has 1 aromatic carbocycles. The summed E-state index contributed by atoms with van der Waals surface area (Å²) in [6.07, 6.45) is 7.01. The predicted octanol–water partition coefficient (Wildman–Crippen LogP) is 3.42. The van der Waals surface area contributed by atoms with Crippen molar-refractivity contribution in [1.29, 1.82) is 0 Å². The zero-order valence-corrected chi connectivity index (χ0v) is 14.9. The number of imide groups is 1. The second kappa shape index (κ2) is 8.34. The topological polar surface area (TPSA) is 66.5 Å². The fourth-order valence-corrected chi connectivity index (χ4v) is 4.06. The standard InChI is InChI=1S/C19H22N2O3S/c22-17(15-9-5-2-6-10-15)20-11-12-21-18(23)16(25-19(21)24)13-14-7-3-1-4-8-14/h1,3-4,7-8,13,15H,2,5-6,9-12H2,(H,20,22). The van der Waals surface area contributed by atoms with Crippen LogP contribution in [0.2, 0.25) is 0 Å². The third kappa shape index (κ3) is 4.51. The molecule has 3 rings (SSSR count). The van der Waals surface area contributed by atoms with Gasteiger partial charge in [-0.1, -0.05) is 49.6 Å². The van der Waals surface area contributed by atoms with E-state index in [-0.39, 0.29) is 29.5 Å². The Balaban J connectivity index is 1.52. The van der Waals surface area contributed by atoms with Crippen LogP contribution in [0.4, 0.5) is 4.79 Å². The fraction of sp³-hybridized carbons (Fsp3) is 0.421. The van der Waals surface area contributed by atoms with Gasteiger partial charge in [-0.3, -0.25) is 19.3 Å². The number of hydrogen-bond acceptors (Lipinski definition) is 4. The van der Waals surface area contributed by atoms with Gasteiger partial charge in [0.15, 0.2) is 0 Å². The number of thioether (sulfide) groups is 1. The largest absolute Gasteiger partial charge is 0.354 e. The maximum absolute atomic E-state index is 12.4. The molecule has 1 aromatic rings. The van der Waals surface area contributed by atoms with Crippen LogP contribution in [-0.2, 0) is 9.59 Å². The van der Waals surface area contributed by atoms with Gasteiger partial charge >= 0.3 is 0 Å². The molecule has 5 nitrogen and oxygen atoms in total. The van der Waals surface area contributed by atoms with Gasteiger partial charge < -0.3 is 5.32 Å². The molecule has 0 aromatic heterocycles. The minimum Gasteiger partial charge on any atom is -0.354 e. The fourth-order valence-electron chi connectivity index (χ4n) is 3.19. The Morgan fingerprint density at radius 2 is 1.88 bits per heavy atom. The van der Waals surface area contributed by atoms with Crippen molar-refractivity contribution in [2.75, 3.05) is 13.1 Å². The van der Waals surface area contributed by atoms with Gasteiger partial charge in [0.05, 0.1) is 4.91 Å². The second-order valence-electron chi connectivity index (χ2n) is 6.37. The Labute approximate surface area is 151 Å². The lowest BCUT2D eigenvalue weighted by molar-refractivity contribution is -0.127.